The molecule has 0 aliphatic rings. The summed E-state index contributed by atoms with van der Waals surface area (Å²) < 4.78 is 11.4. The lowest BCUT2D eigenvalue weighted by atomic mass is 10.2. The van der Waals surface area contributed by atoms with Crippen molar-refractivity contribution in [2.24, 2.45) is 10.2 Å². The number of azo groups is 1. The summed E-state index contributed by atoms with van der Waals surface area (Å²) in [7, 11) is 0. The third kappa shape index (κ3) is 5.87. The minimum atomic E-state index is 0.0400. The third-order valence-corrected chi connectivity index (χ3v) is 4.31. The molecule has 0 bridgehead atoms. The number of hydrogen-bond donors (Lipinski definition) is 2. The zero-order valence-corrected chi connectivity index (χ0v) is 17.2. The first kappa shape index (κ1) is 21.5. The smallest absolute Gasteiger partial charge is 0.146 e. The first-order valence-corrected chi connectivity index (χ1v) is 9.80. The SMILES string of the molecule is CCCCOc1cc(C)c(O)c(N=Nc2cc(OCCCC)cc(C)c2O)c1. The Hall–Kier alpha value is -2.76. The topological polar surface area (TPSA) is 83.6 Å². The third-order valence-electron chi connectivity index (χ3n) is 4.31. The molecule has 28 heavy (non-hydrogen) atoms. The summed E-state index contributed by atoms with van der Waals surface area (Å²) in [5.41, 5.74) is 1.89. The highest BCUT2D eigenvalue weighted by Gasteiger charge is 2.11. The van der Waals surface area contributed by atoms with Crippen molar-refractivity contribution in [1.29, 1.82) is 0 Å². The molecule has 152 valence electrons. The molecule has 2 N–H and O–H groups in total. The van der Waals surface area contributed by atoms with Crippen molar-refractivity contribution in [3.05, 3.63) is 35.4 Å². The van der Waals surface area contributed by atoms with Crippen molar-refractivity contribution >= 4 is 11.4 Å². The summed E-state index contributed by atoms with van der Waals surface area (Å²) in [6.07, 6.45) is 3.99. The Morgan fingerprint density at radius 3 is 1.46 bits per heavy atom. The Morgan fingerprint density at radius 1 is 0.714 bits per heavy atom. The minimum absolute atomic E-state index is 0.0400. The highest BCUT2D eigenvalue weighted by Crippen LogP contribution is 2.39. The zero-order chi connectivity index (χ0) is 20.5. The number of hydrogen-bond acceptors (Lipinski definition) is 6. The molecule has 0 aliphatic carbocycles. The molecular formula is C22H30N2O4. The van der Waals surface area contributed by atoms with E-state index in [1.54, 1.807) is 38.1 Å². The Bertz CT molecular complexity index is 751. The van der Waals surface area contributed by atoms with Crippen LogP contribution in [-0.4, -0.2) is 23.4 Å². The minimum Gasteiger partial charge on any atom is -0.505 e. The van der Waals surface area contributed by atoms with E-state index in [0.29, 0.717) is 47.2 Å². The number of phenolic OH excluding ortho intramolecular Hbond substituents is 2. The monoisotopic (exact) mass is 386 g/mol. The molecule has 2 aromatic carbocycles. The van der Waals surface area contributed by atoms with Crippen molar-refractivity contribution in [2.75, 3.05) is 13.2 Å². The highest BCUT2D eigenvalue weighted by molar-refractivity contribution is 5.61. The molecule has 0 saturated carbocycles. The van der Waals surface area contributed by atoms with E-state index in [9.17, 15) is 10.2 Å². The number of rotatable bonds is 10. The van der Waals surface area contributed by atoms with Gasteiger partial charge in [0, 0.05) is 12.1 Å². The number of unbranched alkanes of at least 4 members (excludes halogenated alkanes) is 2. The maximum absolute atomic E-state index is 10.3. The first-order chi connectivity index (χ1) is 13.5. The van der Waals surface area contributed by atoms with E-state index in [1.807, 2.05) is 0 Å². The van der Waals surface area contributed by atoms with Crippen LogP contribution in [0.3, 0.4) is 0 Å². The fraction of sp³-hybridized carbons (Fsp3) is 0.455. The van der Waals surface area contributed by atoms with Gasteiger partial charge in [-0.15, -0.1) is 10.2 Å². The van der Waals surface area contributed by atoms with Crippen LogP contribution in [0.4, 0.5) is 11.4 Å². The fourth-order valence-electron chi connectivity index (χ4n) is 2.55. The van der Waals surface area contributed by atoms with Crippen molar-refractivity contribution in [3.63, 3.8) is 0 Å². The quantitative estimate of drug-likeness (QED) is 0.361. The maximum atomic E-state index is 10.3. The Morgan fingerprint density at radius 2 is 1.11 bits per heavy atom. The molecule has 6 nitrogen and oxygen atoms in total. The lowest BCUT2D eigenvalue weighted by Crippen LogP contribution is -1.96. The molecule has 0 unspecified atom stereocenters. The molecule has 0 fully saturated rings. The lowest BCUT2D eigenvalue weighted by molar-refractivity contribution is 0.308. The highest BCUT2D eigenvalue weighted by atomic mass is 16.5. The van der Waals surface area contributed by atoms with Gasteiger partial charge in [0.15, 0.2) is 0 Å². The summed E-state index contributed by atoms with van der Waals surface area (Å²) in [5, 5.41) is 28.9. The van der Waals surface area contributed by atoms with Crippen LogP contribution in [-0.2, 0) is 0 Å². The Balaban J connectivity index is 2.26. The van der Waals surface area contributed by atoms with Gasteiger partial charge in [0.05, 0.1) is 13.2 Å². The van der Waals surface area contributed by atoms with Crippen LogP contribution in [0.5, 0.6) is 23.0 Å². The maximum Gasteiger partial charge on any atom is 0.146 e. The summed E-state index contributed by atoms with van der Waals surface area (Å²) in [4.78, 5) is 0. The molecule has 0 aliphatic heterocycles. The van der Waals surface area contributed by atoms with E-state index in [2.05, 4.69) is 24.1 Å². The van der Waals surface area contributed by atoms with E-state index < -0.39 is 0 Å². The first-order valence-electron chi connectivity index (χ1n) is 9.80. The molecule has 0 heterocycles. The van der Waals surface area contributed by atoms with Crippen LogP contribution in [0.25, 0.3) is 0 Å². The second-order valence-electron chi connectivity index (χ2n) is 6.82. The molecular weight excluding hydrogens is 356 g/mol. The van der Waals surface area contributed by atoms with Crippen LogP contribution in [0.1, 0.15) is 50.7 Å². The van der Waals surface area contributed by atoms with Gasteiger partial charge in [0.1, 0.15) is 34.4 Å². The van der Waals surface area contributed by atoms with Gasteiger partial charge in [-0.2, -0.15) is 0 Å². The summed E-state index contributed by atoms with van der Waals surface area (Å²) in [6.45, 7) is 8.97. The number of aryl methyl sites for hydroxylation is 2. The molecule has 0 amide bonds. The zero-order valence-electron chi connectivity index (χ0n) is 17.2. The van der Waals surface area contributed by atoms with Gasteiger partial charge < -0.3 is 19.7 Å². The van der Waals surface area contributed by atoms with Crippen LogP contribution in [0.15, 0.2) is 34.5 Å². The van der Waals surface area contributed by atoms with Gasteiger partial charge in [-0.05, 0) is 49.9 Å². The van der Waals surface area contributed by atoms with Gasteiger partial charge in [0.25, 0.3) is 0 Å². The van der Waals surface area contributed by atoms with Gasteiger partial charge in [0.2, 0.25) is 0 Å². The average molecular weight is 386 g/mol. The standard InChI is InChI=1S/C22H30N2O4/c1-5-7-9-27-17-11-15(3)21(25)19(13-17)23-24-20-14-18(28-10-8-6-2)12-16(4)22(20)26/h11-14,25-26H,5-10H2,1-4H3. The second-order valence-corrected chi connectivity index (χ2v) is 6.82. The van der Waals surface area contributed by atoms with Gasteiger partial charge in [-0.3, -0.25) is 0 Å². The summed E-state index contributed by atoms with van der Waals surface area (Å²) in [5.74, 6) is 1.35. The molecule has 0 radical (unpaired) electrons. The molecule has 2 rings (SSSR count). The molecule has 6 heteroatoms. The predicted molar refractivity (Wildman–Crippen MR) is 111 cm³/mol. The van der Waals surface area contributed by atoms with Gasteiger partial charge in [-0.25, -0.2) is 0 Å². The van der Waals surface area contributed by atoms with Crippen LogP contribution >= 0.6 is 0 Å². The van der Waals surface area contributed by atoms with Crippen molar-refractivity contribution in [1.82, 2.24) is 0 Å². The van der Waals surface area contributed by atoms with E-state index >= 15 is 0 Å². The van der Waals surface area contributed by atoms with Gasteiger partial charge >= 0.3 is 0 Å². The summed E-state index contributed by atoms with van der Waals surface area (Å²) in [6, 6.07) is 6.83. The Kier molecular flexibility index (Phi) is 8.11. The average Bonchev–Trinajstić information content (AvgIpc) is 2.67. The number of benzene rings is 2. The molecule has 2 aromatic rings. The van der Waals surface area contributed by atoms with E-state index in [4.69, 9.17) is 9.47 Å². The normalized spacial score (nSPS) is 11.1. The predicted octanol–water partition coefficient (Wildman–Crippen LogP) is 6.49. The second kappa shape index (κ2) is 10.5. The van der Waals surface area contributed by atoms with Crippen molar-refractivity contribution in [3.8, 4) is 23.0 Å². The number of ether oxygens (including phenoxy) is 2. The van der Waals surface area contributed by atoms with Crippen LogP contribution in [0.2, 0.25) is 0 Å². The molecule has 0 saturated heterocycles. The lowest BCUT2D eigenvalue weighted by Gasteiger charge is -2.10. The number of phenols is 2. The molecule has 0 atom stereocenters. The van der Waals surface area contributed by atoms with E-state index in [0.717, 1.165) is 25.7 Å². The largest absolute Gasteiger partial charge is 0.505 e. The van der Waals surface area contributed by atoms with Crippen molar-refractivity contribution < 1.29 is 19.7 Å². The van der Waals surface area contributed by atoms with Crippen LogP contribution < -0.4 is 9.47 Å². The van der Waals surface area contributed by atoms with Crippen LogP contribution in [0, 0.1) is 13.8 Å². The number of aromatic hydroxyl groups is 2. The van der Waals surface area contributed by atoms with Gasteiger partial charge in [-0.1, -0.05) is 26.7 Å². The fourth-order valence-corrected chi connectivity index (χ4v) is 2.55. The molecule has 0 spiro atoms. The number of nitrogens with zero attached hydrogens (tertiary/aromatic N) is 2. The summed E-state index contributed by atoms with van der Waals surface area (Å²) >= 11 is 0. The van der Waals surface area contributed by atoms with E-state index in [1.165, 1.54) is 0 Å². The van der Waals surface area contributed by atoms with Crippen molar-refractivity contribution in [2.45, 2.75) is 53.4 Å². The van der Waals surface area contributed by atoms with E-state index in [-0.39, 0.29) is 11.5 Å². The molecule has 0 aromatic heterocycles. The Labute approximate surface area is 166 Å².